The first-order valence-electron chi connectivity index (χ1n) is 8.37. The van der Waals surface area contributed by atoms with Gasteiger partial charge in [-0.15, -0.1) is 0 Å². The Hall–Kier alpha value is -1.59. The predicted octanol–water partition coefficient (Wildman–Crippen LogP) is 3.60. The van der Waals surface area contributed by atoms with E-state index < -0.39 is 12.0 Å². The van der Waals surface area contributed by atoms with Gasteiger partial charge >= 0.3 is 5.97 Å². The number of carbonyl (C=O) groups is 3. The molecular formula is C18H19Cl2NO4. The van der Waals surface area contributed by atoms with Gasteiger partial charge in [0.05, 0.1) is 11.8 Å². The number of ether oxygens (including phenoxy) is 1. The predicted molar refractivity (Wildman–Crippen MR) is 93.0 cm³/mol. The third-order valence-corrected chi connectivity index (χ3v) is 5.58. The van der Waals surface area contributed by atoms with Crippen molar-refractivity contribution >= 4 is 41.0 Å². The molecule has 134 valence electrons. The fraction of sp³-hybridized carbons (Fsp3) is 0.500. The third kappa shape index (κ3) is 3.53. The fourth-order valence-corrected chi connectivity index (χ4v) is 4.05. The zero-order chi connectivity index (χ0) is 18.1. The molecule has 0 spiro atoms. The molecule has 1 aromatic rings. The van der Waals surface area contributed by atoms with Gasteiger partial charge in [0.2, 0.25) is 11.8 Å². The van der Waals surface area contributed by atoms with E-state index in [0.717, 1.165) is 17.7 Å². The zero-order valence-corrected chi connectivity index (χ0v) is 15.3. The molecule has 0 bridgehead atoms. The first-order valence-corrected chi connectivity index (χ1v) is 9.13. The van der Waals surface area contributed by atoms with Gasteiger partial charge in [-0.05, 0) is 31.9 Å². The van der Waals surface area contributed by atoms with Gasteiger partial charge in [0.15, 0.2) is 0 Å². The summed E-state index contributed by atoms with van der Waals surface area (Å²) in [6, 6.07) is 3.95. The van der Waals surface area contributed by atoms with Crippen molar-refractivity contribution in [2.75, 3.05) is 0 Å². The molecule has 2 amide bonds. The van der Waals surface area contributed by atoms with Gasteiger partial charge < -0.3 is 4.74 Å². The quantitative estimate of drug-likeness (QED) is 0.588. The van der Waals surface area contributed by atoms with E-state index in [1.165, 1.54) is 6.92 Å². The molecule has 1 aliphatic heterocycles. The lowest BCUT2D eigenvalue weighted by molar-refractivity contribution is -0.159. The molecule has 1 heterocycles. The number of amides is 2. The Morgan fingerprint density at radius 3 is 2.36 bits per heavy atom. The normalized spacial score (nSPS) is 24.2. The van der Waals surface area contributed by atoms with Gasteiger partial charge in [0.1, 0.15) is 12.6 Å². The molecule has 1 aliphatic carbocycles. The number of fused-ring (bicyclic) bond motifs is 1. The van der Waals surface area contributed by atoms with Crippen LogP contribution < -0.4 is 0 Å². The summed E-state index contributed by atoms with van der Waals surface area (Å²) in [4.78, 5) is 38.5. The summed E-state index contributed by atoms with van der Waals surface area (Å²) >= 11 is 11.9. The Balaban J connectivity index is 1.66. The second-order valence-corrected chi connectivity index (χ2v) is 7.41. The van der Waals surface area contributed by atoms with Crippen molar-refractivity contribution in [3.63, 3.8) is 0 Å². The Bertz CT molecular complexity index is 697. The number of benzene rings is 1. The smallest absolute Gasteiger partial charge is 0.329 e. The van der Waals surface area contributed by atoms with E-state index >= 15 is 0 Å². The molecule has 7 heteroatoms. The van der Waals surface area contributed by atoms with Gasteiger partial charge in [-0.3, -0.25) is 14.5 Å². The topological polar surface area (TPSA) is 63.7 Å². The Morgan fingerprint density at radius 2 is 1.80 bits per heavy atom. The highest BCUT2D eigenvalue weighted by Crippen LogP contribution is 2.39. The van der Waals surface area contributed by atoms with Gasteiger partial charge in [-0.25, -0.2) is 4.79 Å². The van der Waals surface area contributed by atoms with Crippen molar-refractivity contribution < 1.29 is 19.1 Å². The number of rotatable bonds is 4. The molecule has 0 aromatic heterocycles. The van der Waals surface area contributed by atoms with E-state index in [2.05, 4.69) is 0 Å². The van der Waals surface area contributed by atoms with Crippen LogP contribution in [0, 0.1) is 11.8 Å². The van der Waals surface area contributed by atoms with Crippen LogP contribution >= 0.6 is 23.2 Å². The van der Waals surface area contributed by atoms with Crippen LogP contribution in [0.2, 0.25) is 10.0 Å². The van der Waals surface area contributed by atoms with Crippen LogP contribution in [-0.4, -0.2) is 28.7 Å². The Kier molecular flexibility index (Phi) is 5.35. The first-order chi connectivity index (χ1) is 11.9. The van der Waals surface area contributed by atoms with E-state index in [9.17, 15) is 14.4 Å². The summed E-state index contributed by atoms with van der Waals surface area (Å²) in [5.74, 6) is -1.66. The van der Waals surface area contributed by atoms with Crippen LogP contribution in [0.15, 0.2) is 18.2 Å². The number of hydrogen-bond donors (Lipinski definition) is 0. The van der Waals surface area contributed by atoms with Crippen LogP contribution in [-0.2, 0) is 25.7 Å². The maximum absolute atomic E-state index is 12.5. The van der Waals surface area contributed by atoms with E-state index in [1.807, 2.05) is 0 Å². The maximum Gasteiger partial charge on any atom is 0.329 e. The molecule has 25 heavy (non-hydrogen) atoms. The number of nitrogens with zero attached hydrogens (tertiary/aromatic N) is 1. The van der Waals surface area contributed by atoms with Crippen molar-refractivity contribution in [3.05, 3.63) is 33.8 Å². The zero-order valence-electron chi connectivity index (χ0n) is 13.8. The number of hydrogen-bond acceptors (Lipinski definition) is 4. The highest BCUT2D eigenvalue weighted by Gasteiger charge is 2.51. The SMILES string of the molecule is C[C@@H](C(=O)OCc1ccc(Cl)cc1Cl)N1C(=O)[C@H]2CCCC[C@H]2C1=O. The number of halogens is 2. The third-order valence-electron chi connectivity index (χ3n) is 4.99. The van der Waals surface area contributed by atoms with E-state index in [-0.39, 0.29) is 30.3 Å². The molecule has 1 aromatic carbocycles. The summed E-state index contributed by atoms with van der Waals surface area (Å²) in [6.45, 7) is 1.49. The molecule has 0 N–H and O–H groups in total. The van der Waals surface area contributed by atoms with E-state index in [1.54, 1.807) is 18.2 Å². The van der Waals surface area contributed by atoms with Crippen molar-refractivity contribution in [1.29, 1.82) is 0 Å². The second-order valence-electron chi connectivity index (χ2n) is 6.56. The lowest BCUT2D eigenvalue weighted by atomic mass is 9.81. The number of esters is 1. The molecule has 1 saturated heterocycles. The van der Waals surface area contributed by atoms with Crippen molar-refractivity contribution in [2.45, 2.75) is 45.3 Å². The van der Waals surface area contributed by atoms with Gasteiger partial charge in [-0.2, -0.15) is 0 Å². The minimum Gasteiger partial charge on any atom is -0.459 e. The summed E-state index contributed by atoms with van der Waals surface area (Å²) in [5, 5.41) is 0.886. The average molecular weight is 384 g/mol. The average Bonchev–Trinajstić information content (AvgIpc) is 2.85. The van der Waals surface area contributed by atoms with Gasteiger partial charge in [-0.1, -0.05) is 42.1 Å². The first kappa shape index (κ1) is 18.2. The minimum atomic E-state index is -0.934. The fourth-order valence-electron chi connectivity index (χ4n) is 3.58. The molecule has 3 atom stereocenters. The molecule has 0 radical (unpaired) electrons. The van der Waals surface area contributed by atoms with Crippen molar-refractivity contribution in [3.8, 4) is 0 Å². The summed E-state index contributed by atoms with van der Waals surface area (Å²) in [6.07, 6.45) is 3.33. The molecular weight excluding hydrogens is 365 g/mol. The van der Waals surface area contributed by atoms with E-state index in [4.69, 9.17) is 27.9 Å². The highest BCUT2D eigenvalue weighted by molar-refractivity contribution is 6.35. The molecule has 2 aliphatic rings. The number of imide groups is 1. The highest BCUT2D eigenvalue weighted by atomic mass is 35.5. The molecule has 1 saturated carbocycles. The molecule has 2 fully saturated rings. The van der Waals surface area contributed by atoms with Crippen LogP contribution in [0.1, 0.15) is 38.2 Å². The monoisotopic (exact) mass is 383 g/mol. The molecule has 3 rings (SSSR count). The lowest BCUT2D eigenvalue weighted by Crippen LogP contribution is -2.44. The van der Waals surface area contributed by atoms with Gasteiger partial charge in [0, 0.05) is 15.6 Å². The van der Waals surface area contributed by atoms with E-state index in [0.29, 0.717) is 28.5 Å². The standard InChI is InChI=1S/C18H19Cl2NO4/c1-10(18(24)25-9-11-6-7-12(19)8-15(11)20)21-16(22)13-4-2-3-5-14(13)17(21)23/h6-8,10,13-14H,2-5,9H2,1H3/t10-,13-,14+/m0/s1. The van der Waals surface area contributed by atoms with Gasteiger partial charge in [0.25, 0.3) is 0 Å². The summed E-state index contributed by atoms with van der Waals surface area (Å²) in [7, 11) is 0. The van der Waals surface area contributed by atoms with Crippen LogP contribution in [0.4, 0.5) is 0 Å². The van der Waals surface area contributed by atoms with Crippen LogP contribution in [0.5, 0.6) is 0 Å². The number of likely N-dealkylation sites (tertiary alicyclic amines) is 1. The molecule has 5 nitrogen and oxygen atoms in total. The molecule has 0 unspecified atom stereocenters. The van der Waals surface area contributed by atoms with Crippen LogP contribution in [0.3, 0.4) is 0 Å². The lowest BCUT2D eigenvalue weighted by Gasteiger charge is -2.21. The maximum atomic E-state index is 12.5. The Morgan fingerprint density at radius 1 is 1.20 bits per heavy atom. The Labute approximate surface area is 156 Å². The summed E-state index contributed by atoms with van der Waals surface area (Å²) in [5.41, 5.74) is 0.611. The van der Waals surface area contributed by atoms with Crippen LogP contribution in [0.25, 0.3) is 0 Å². The summed E-state index contributed by atoms with van der Waals surface area (Å²) < 4.78 is 5.26. The largest absolute Gasteiger partial charge is 0.459 e. The second kappa shape index (κ2) is 7.34. The number of carbonyl (C=O) groups excluding carboxylic acids is 3. The van der Waals surface area contributed by atoms with Crippen molar-refractivity contribution in [2.24, 2.45) is 11.8 Å². The minimum absolute atomic E-state index is 0.0394. The van der Waals surface area contributed by atoms with Crippen molar-refractivity contribution in [1.82, 2.24) is 4.90 Å².